The molecule has 3 heterocycles. The molecule has 1 aromatic carbocycles. The van der Waals surface area contributed by atoms with Gasteiger partial charge in [0.25, 0.3) is 0 Å². The summed E-state index contributed by atoms with van der Waals surface area (Å²) in [6, 6.07) is 10.7. The maximum atomic E-state index is 5.95. The van der Waals surface area contributed by atoms with Crippen molar-refractivity contribution >= 4 is 22.2 Å². The van der Waals surface area contributed by atoms with E-state index in [0.29, 0.717) is 0 Å². The van der Waals surface area contributed by atoms with Crippen molar-refractivity contribution in [2.45, 2.75) is 20.8 Å². The largest absolute Gasteiger partial charge is 0.404 e. The van der Waals surface area contributed by atoms with Crippen molar-refractivity contribution in [2.24, 2.45) is 10.7 Å². The van der Waals surface area contributed by atoms with E-state index in [2.05, 4.69) is 57.5 Å². The minimum atomic E-state index is 0.756. The molecule has 0 atom stereocenters. The zero-order chi connectivity index (χ0) is 19.0. The second kappa shape index (κ2) is 7.00. The lowest BCUT2D eigenvalue weighted by Gasteiger charge is -2.16. The Kier molecular flexibility index (Phi) is 4.54. The molecule has 138 valence electrons. The Morgan fingerprint density at radius 1 is 1.11 bits per heavy atom. The van der Waals surface area contributed by atoms with Crippen molar-refractivity contribution in [3.05, 3.63) is 59.0 Å². The molecule has 1 aliphatic rings. The summed E-state index contributed by atoms with van der Waals surface area (Å²) in [5.74, 6) is 0. The molecule has 5 heteroatoms. The van der Waals surface area contributed by atoms with Crippen LogP contribution in [0.3, 0.4) is 0 Å². The number of aryl methyl sites for hydroxylation is 3. The number of aromatic amines is 1. The molecule has 3 aromatic rings. The Hall–Kier alpha value is -2.92. The predicted molar refractivity (Wildman–Crippen MR) is 113 cm³/mol. The van der Waals surface area contributed by atoms with E-state index in [4.69, 9.17) is 5.73 Å². The average molecular weight is 359 g/mol. The molecule has 4 rings (SSSR count). The molecule has 0 unspecified atom stereocenters. The highest BCUT2D eigenvalue weighted by molar-refractivity contribution is 6.25. The van der Waals surface area contributed by atoms with Gasteiger partial charge in [0.15, 0.2) is 0 Å². The monoisotopic (exact) mass is 359 g/mol. The van der Waals surface area contributed by atoms with E-state index in [0.717, 1.165) is 59.1 Å². The Bertz CT molecular complexity index is 1050. The first kappa shape index (κ1) is 17.5. The van der Waals surface area contributed by atoms with E-state index in [9.17, 15) is 0 Å². The zero-order valence-corrected chi connectivity index (χ0v) is 16.1. The molecule has 27 heavy (non-hydrogen) atoms. The number of nitrogens with one attached hydrogen (secondary N) is 2. The van der Waals surface area contributed by atoms with Crippen LogP contribution in [0, 0.1) is 20.8 Å². The first-order chi connectivity index (χ1) is 13.1. The van der Waals surface area contributed by atoms with Gasteiger partial charge < -0.3 is 16.0 Å². The van der Waals surface area contributed by atoms with Gasteiger partial charge in [0.05, 0.1) is 12.3 Å². The molecule has 0 amide bonds. The van der Waals surface area contributed by atoms with Gasteiger partial charge in [-0.25, -0.2) is 0 Å². The number of nitrogens with zero attached hydrogens (tertiary/aromatic N) is 2. The SMILES string of the molecule is Cc1cc(-c2[nH]c3cc(/C(=C/N)C4=NCCNC4)ccc3c2C)cc(C)n1. The minimum absolute atomic E-state index is 0.756. The second-order valence-corrected chi connectivity index (χ2v) is 7.11. The normalized spacial score (nSPS) is 15.2. The number of aromatic nitrogens is 2. The van der Waals surface area contributed by atoms with E-state index >= 15 is 0 Å². The van der Waals surface area contributed by atoms with E-state index in [-0.39, 0.29) is 0 Å². The van der Waals surface area contributed by atoms with Gasteiger partial charge in [0, 0.05) is 58.4 Å². The number of benzene rings is 1. The summed E-state index contributed by atoms with van der Waals surface area (Å²) in [4.78, 5) is 12.7. The van der Waals surface area contributed by atoms with Crippen LogP contribution in [0.5, 0.6) is 0 Å². The number of fused-ring (bicyclic) bond motifs is 1. The first-order valence-electron chi connectivity index (χ1n) is 9.31. The maximum Gasteiger partial charge on any atom is 0.0579 e. The van der Waals surface area contributed by atoms with Gasteiger partial charge in [-0.05, 0) is 50.1 Å². The van der Waals surface area contributed by atoms with Crippen LogP contribution >= 0.6 is 0 Å². The third-order valence-electron chi connectivity index (χ3n) is 5.10. The molecule has 0 spiro atoms. The van der Waals surface area contributed by atoms with Crippen LogP contribution in [0.1, 0.15) is 22.5 Å². The number of H-pyrrole nitrogens is 1. The fraction of sp³-hybridized carbons (Fsp3) is 0.273. The topological polar surface area (TPSA) is 79.1 Å². The lowest BCUT2D eigenvalue weighted by Crippen LogP contribution is -2.31. The summed E-state index contributed by atoms with van der Waals surface area (Å²) in [5.41, 5.74) is 15.8. The second-order valence-electron chi connectivity index (χ2n) is 7.11. The van der Waals surface area contributed by atoms with Crippen molar-refractivity contribution in [1.82, 2.24) is 15.3 Å². The van der Waals surface area contributed by atoms with Crippen molar-refractivity contribution in [1.29, 1.82) is 0 Å². The third kappa shape index (κ3) is 3.26. The van der Waals surface area contributed by atoms with E-state index in [1.165, 1.54) is 16.5 Å². The fourth-order valence-corrected chi connectivity index (χ4v) is 3.84. The van der Waals surface area contributed by atoms with E-state index < -0.39 is 0 Å². The predicted octanol–water partition coefficient (Wildman–Crippen LogP) is 3.50. The molecular formula is C22H25N5. The summed E-state index contributed by atoms with van der Waals surface area (Å²) in [6.07, 6.45) is 1.67. The summed E-state index contributed by atoms with van der Waals surface area (Å²) in [6.45, 7) is 8.69. The number of hydrogen-bond acceptors (Lipinski definition) is 4. The minimum Gasteiger partial charge on any atom is -0.404 e. The number of hydrogen-bond donors (Lipinski definition) is 3. The smallest absolute Gasteiger partial charge is 0.0579 e. The molecule has 2 aromatic heterocycles. The first-order valence-corrected chi connectivity index (χ1v) is 9.31. The van der Waals surface area contributed by atoms with Crippen molar-refractivity contribution in [3.63, 3.8) is 0 Å². The Labute approximate surface area is 159 Å². The van der Waals surface area contributed by atoms with Crippen LogP contribution in [-0.2, 0) is 0 Å². The van der Waals surface area contributed by atoms with Crippen LogP contribution in [0.15, 0.2) is 41.5 Å². The van der Waals surface area contributed by atoms with Crippen LogP contribution < -0.4 is 11.1 Å². The Morgan fingerprint density at radius 3 is 2.56 bits per heavy atom. The highest BCUT2D eigenvalue weighted by atomic mass is 15.0. The Morgan fingerprint density at radius 2 is 1.89 bits per heavy atom. The number of aliphatic imine (C=N–C) groups is 1. The van der Waals surface area contributed by atoms with Crippen LogP contribution in [0.2, 0.25) is 0 Å². The van der Waals surface area contributed by atoms with E-state index in [1.807, 2.05) is 13.8 Å². The summed E-state index contributed by atoms with van der Waals surface area (Å²) in [7, 11) is 0. The molecule has 0 saturated heterocycles. The summed E-state index contributed by atoms with van der Waals surface area (Å²) < 4.78 is 0. The highest BCUT2D eigenvalue weighted by Crippen LogP contribution is 2.32. The van der Waals surface area contributed by atoms with Crippen LogP contribution in [0.4, 0.5) is 0 Å². The van der Waals surface area contributed by atoms with Gasteiger partial charge in [-0.1, -0.05) is 12.1 Å². The molecule has 5 nitrogen and oxygen atoms in total. The van der Waals surface area contributed by atoms with Gasteiger partial charge in [0.1, 0.15) is 0 Å². The molecule has 0 radical (unpaired) electrons. The summed E-state index contributed by atoms with van der Waals surface area (Å²) >= 11 is 0. The van der Waals surface area contributed by atoms with Gasteiger partial charge >= 0.3 is 0 Å². The standard InChI is InChI=1S/C22H25N5/c1-13-8-17(9-14(2)26-13)22-15(3)18-5-4-16(10-20(18)27-22)19(11-23)21-12-24-6-7-25-21/h4-5,8-11,24,27H,6-7,12,23H2,1-3H3/b19-11-. The highest BCUT2D eigenvalue weighted by Gasteiger charge is 2.15. The third-order valence-corrected chi connectivity index (χ3v) is 5.10. The van der Waals surface area contributed by atoms with Crippen molar-refractivity contribution in [2.75, 3.05) is 19.6 Å². The molecular weight excluding hydrogens is 334 g/mol. The molecule has 0 saturated carbocycles. The quantitative estimate of drug-likeness (QED) is 0.670. The van der Waals surface area contributed by atoms with Gasteiger partial charge in [-0.2, -0.15) is 0 Å². The van der Waals surface area contributed by atoms with Gasteiger partial charge in [0.2, 0.25) is 0 Å². The van der Waals surface area contributed by atoms with Crippen molar-refractivity contribution in [3.8, 4) is 11.3 Å². The van der Waals surface area contributed by atoms with Crippen molar-refractivity contribution < 1.29 is 0 Å². The van der Waals surface area contributed by atoms with Crippen LogP contribution in [-0.4, -0.2) is 35.3 Å². The molecule has 1 aliphatic heterocycles. The molecule has 4 N–H and O–H groups in total. The lowest BCUT2D eigenvalue weighted by molar-refractivity contribution is 0.739. The molecule has 0 bridgehead atoms. The Balaban J connectivity index is 1.80. The van der Waals surface area contributed by atoms with Gasteiger partial charge in [-0.15, -0.1) is 0 Å². The number of rotatable bonds is 3. The fourth-order valence-electron chi connectivity index (χ4n) is 3.84. The van der Waals surface area contributed by atoms with Gasteiger partial charge in [-0.3, -0.25) is 9.98 Å². The number of pyridine rings is 1. The maximum absolute atomic E-state index is 5.95. The summed E-state index contributed by atoms with van der Waals surface area (Å²) in [5, 5.41) is 4.58. The molecule has 0 aliphatic carbocycles. The zero-order valence-electron chi connectivity index (χ0n) is 16.1. The van der Waals surface area contributed by atoms with Crippen LogP contribution in [0.25, 0.3) is 27.7 Å². The lowest BCUT2D eigenvalue weighted by atomic mass is 9.99. The molecule has 0 fully saturated rings. The average Bonchev–Trinajstić information content (AvgIpc) is 2.99. The number of nitrogens with two attached hydrogens (primary N) is 1. The van der Waals surface area contributed by atoms with E-state index in [1.54, 1.807) is 6.20 Å².